The van der Waals surface area contributed by atoms with Gasteiger partial charge >= 0.3 is 0 Å². The van der Waals surface area contributed by atoms with Crippen LogP contribution >= 0.6 is 0 Å². The van der Waals surface area contributed by atoms with Gasteiger partial charge in [0.2, 0.25) is 5.91 Å². The highest BCUT2D eigenvalue weighted by atomic mass is 16.1. The Balaban J connectivity index is 1.80. The predicted octanol–water partition coefficient (Wildman–Crippen LogP) is 1.73. The maximum absolute atomic E-state index is 12.2. The smallest absolute Gasteiger partial charge is 0.225 e. The average Bonchev–Trinajstić information content (AvgIpc) is 2.46. The summed E-state index contributed by atoms with van der Waals surface area (Å²) in [7, 11) is 2.08. The Morgan fingerprint density at radius 3 is 2.95 bits per heavy atom. The molecule has 0 spiro atoms. The van der Waals surface area contributed by atoms with Gasteiger partial charge < -0.3 is 15.5 Å². The Bertz CT molecular complexity index is 459. The monoisotopic (exact) mass is 275 g/mol. The Morgan fingerprint density at radius 1 is 1.45 bits per heavy atom. The summed E-state index contributed by atoms with van der Waals surface area (Å²) in [5.41, 5.74) is 2.40. The second-order valence-electron chi connectivity index (χ2n) is 5.80. The lowest BCUT2D eigenvalue weighted by Crippen LogP contribution is -2.41. The number of para-hydroxylation sites is 1. The Morgan fingerprint density at radius 2 is 2.20 bits per heavy atom. The van der Waals surface area contributed by atoms with Gasteiger partial charge in [0.25, 0.3) is 0 Å². The normalized spacial score (nSPS) is 17.8. The van der Waals surface area contributed by atoms with Crippen molar-refractivity contribution in [3.63, 3.8) is 0 Å². The SMILES string of the molecule is CC(C)N(C)CCNC(=O)C1CNc2ccccc2C1. The molecule has 0 saturated carbocycles. The lowest BCUT2D eigenvalue weighted by molar-refractivity contribution is -0.124. The first-order valence-electron chi connectivity index (χ1n) is 7.37. The van der Waals surface area contributed by atoms with Crippen LogP contribution in [0.3, 0.4) is 0 Å². The molecule has 0 radical (unpaired) electrons. The highest BCUT2D eigenvalue weighted by molar-refractivity contribution is 5.80. The van der Waals surface area contributed by atoms with Crippen molar-refractivity contribution in [3.8, 4) is 0 Å². The first kappa shape index (κ1) is 14.9. The molecule has 1 aromatic carbocycles. The molecule has 2 N–H and O–H groups in total. The van der Waals surface area contributed by atoms with Crippen molar-refractivity contribution in [3.05, 3.63) is 29.8 Å². The molecule has 1 aromatic rings. The minimum atomic E-state index is 0.0363. The molecule has 1 heterocycles. The molecule has 0 fully saturated rings. The number of nitrogens with zero attached hydrogens (tertiary/aromatic N) is 1. The van der Waals surface area contributed by atoms with Crippen LogP contribution in [0.5, 0.6) is 0 Å². The maximum atomic E-state index is 12.2. The molecule has 1 aliphatic rings. The van der Waals surface area contributed by atoms with E-state index in [0.29, 0.717) is 12.6 Å². The van der Waals surface area contributed by atoms with E-state index >= 15 is 0 Å². The third-order valence-electron chi connectivity index (χ3n) is 4.04. The van der Waals surface area contributed by atoms with E-state index in [9.17, 15) is 4.79 Å². The fourth-order valence-electron chi connectivity index (χ4n) is 2.38. The Labute approximate surface area is 121 Å². The van der Waals surface area contributed by atoms with Crippen LogP contribution in [-0.2, 0) is 11.2 Å². The van der Waals surface area contributed by atoms with Crippen molar-refractivity contribution in [2.75, 3.05) is 32.0 Å². The summed E-state index contributed by atoms with van der Waals surface area (Å²) in [6.07, 6.45) is 0.828. The zero-order valence-electron chi connectivity index (χ0n) is 12.6. The fraction of sp³-hybridized carbons (Fsp3) is 0.562. The van der Waals surface area contributed by atoms with Crippen molar-refractivity contribution in [1.29, 1.82) is 0 Å². The fourth-order valence-corrected chi connectivity index (χ4v) is 2.38. The standard InChI is InChI=1S/C16H25N3O/c1-12(2)19(3)9-8-17-16(20)14-10-13-6-4-5-7-15(13)18-11-14/h4-7,12,14,18H,8-11H2,1-3H3,(H,17,20). The zero-order valence-corrected chi connectivity index (χ0v) is 12.6. The third kappa shape index (κ3) is 3.73. The summed E-state index contributed by atoms with van der Waals surface area (Å²) in [5, 5.41) is 6.39. The number of amides is 1. The molecule has 0 saturated heterocycles. The second kappa shape index (κ2) is 6.75. The van der Waals surface area contributed by atoms with Gasteiger partial charge in [0, 0.05) is 31.4 Å². The zero-order chi connectivity index (χ0) is 14.5. The molecule has 0 bridgehead atoms. The quantitative estimate of drug-likeness (QED) is 0.860. The molecule has 4 nitrogen and oxygen atoms in total. The van der Waals surface area contributed by atoms with Crippen LogP contribution < -0.4 is 10.6 Å². The lowest BCUT2D eigenvalue weighted by Gasteiger charge is -2.26. The molecule has 20 heavy (non-hydrogen) atoms. The number of hydrogen-bond acceptors (Lipinski definition) is 3. The van der Waals surface area contributed by atoms with Gasteiger partial charge in [-0.3, -0.25) is 4.79 Å². The van der Waals surface area contributed by atoms with Gasteiger partial charge in [-0.1, -0.05) is 18.2 Å². The van der Waals surface area contributed by atoms with Crippen LogP contribution in [0.15, 0.2) is 24.3 Å². The number of hydrogen-bond donors (Lipinski definition) is 2. The topological polar surface area (TPSA) is 44.4 Å². The molecule has 1 amide bonds. The predicted molar refractivity (Wildman–Crippen MR) is 82.9 cm³/mol. The Kier molecular flexibility index (Phi) is 5.01. The van der Waals surface area contributed by atoms with E-state index in [4.69, 9.17) is 0 Å². The van der Waals surface area contributed by atoms with E-state index in [1.165, 1.54) is 5.56 Å². The number of fused-ring (bicyclic) bond motifs is 1. The second-order valence-corrected chi connectivity index (χ2v) is 5.80. The van der Waals surface area contributed by atoms with Crippen LogP contribution in [-0.4, -0.2) is 43.5 Å². The van der Waals surface area contributed by atoms with Crippen molar-refractivity contribution < 1.29 is 4.79 Å². The number of carbonyl (C=O) groups excluding carboxylic acids is 1. The van der Waals surface area contributed by atoms with E-state index in [1.807, 2.05) is 12.1 Å². The lowest BCUT2D eigenvalue weighted by atomic mass is 9.93. The first-order chi connectivity index (χ1) is 9.58. The molecule has 0 aliphatic carbocycles. The minimum absolute atomic E-state index is 0.0363. The van der Waals surface area contributed by atoms with Gasteiger partial charge in [-0.15, -0.1) is 0 Å². The number of anilines is 1. The van der Waals surface area contributed by atoms with Gasteiger partial charge in [0.15, 0.2) is 0 Å². The van der Waals surface area contributed by atoms with Gasteiger partial charge in [-0.2, -0.15) is 0 Å². The van der Waals surface area contributed by atoms with Gasteiger partial charge in [-0.05, 0) is 38.9 Å². The summed E-state index contributed by atoms with van der Waals surface area (Å²) in [5.74, 6) is 0.193. The molecular formula is C16H25N3O. The number of nitrogens with one attached hydrogen (secondary N) is 2. The molecule has 0 aromatic heterocycles. The molecule has 1 atom stereocenters. The number of benzene rings is 1. The summed E-state index contributed by atoms with van der Waals surface area (Å²) in [4.78, 5) is 14.4. The van der Waals surface area contributed by atoms with Crippen LogP contribution in [0.1, 0.15) is 19.4 Å². The van der Waals surface area contributed by atoms with E-state index in [-0.39, 0.29) is 11.8 Å². The number of likely N-dealkylation sites (N-methyl/N-ethyl adjacent to an activating group) is 1. The maximum Gasteiger partial charge on any atom is 0.225 e. The van der Waals surface area contributed by atoms with Crippen LogP contribution in [0.4, 0.5) is 5.69 Å². The van der Waals surface area contributed by atoms with Gasteiger partial charge in [-0.25, -0.2) is 0 Å². The highest BCUT2D eigenvalue weighted by Crippen LogP contribution is 2.24. The van der Waals surface area contributed by atoms with E-state index in [2.05, 4.69) is 48.6 Å². The highest BCUT2D eigenvalue weighted by Gasteiger charge is 2.23. The summed E-state index contributed by atoms with van der Waals surface area (Å²) < 4.78 is 0. The van der Waals surface area contributed by atoms with E-state index in [0.717, 1.165) is 25.2 Å². The largest absolute Gasteiger partial charge is 0.384 e. The van der Waals surface area contributed by atoms with Crippen LogP contribution in [0.2, 0.25) is 0 Å². The van der Waals surface area contributed by atoms with Crippen LogP contribution in [0.25, 0.3) is 0 Å². The summed E-state index contributed by atoms with van der Waals surface area (Å²) >= 11 is 0. The summed E-state index contributed by atoms with van der Waals surface area (Å²) in [6.45, 7) is 6.64. The molecule has 2 rings (SSSR count). The van der Waals surface area contributed by atoms with Crippen molar-refractivity contribution in [2.45, 2.75) is 26.3 Å². The average molecular weight is 275 g/mol. The van der Waals surface area contributed by atoms with E-state index in [1.54, 1.807) is 0 Å². The van der Waals surface area contributed by atoms with Crippen molar-refractivity contribution in [1.82, 2.24) is 10.2 Å². The minimum Gasteiger partial charge on any atom is -0.384 e. The molecule has 1 unspecified atom stereocenters. The van der Waals surface area contributed by atoms with Crippen LogP contribution in [0, 0.1) is 5.92 Å². The number of rotatable bonds is 5. The molecule has 1 aliphatic heterocycles. The van der Waals surface area contributed by atoms with E-state index < -0.39 is 0 Å². The first-order valence-corrected chi connectivity index (χ1v) is 7.37. The number of carbonyl (C=O) groups is 1. The van der Waals surface area contributed by atoms with Gasteiger partial charge in [0.1, 0.15) is 0 Å². The van der Waals surface area contributed by atoms with Gasteiger partial charge in [0.05, 0.1) is 5.92 Å². The Hall–Kier alpha value is -1.55. The summed E-state index contributed by atoms with van der Waals surface area (Å²) in [6, 6.07) is 8.72. The van der Waals surface area contributed by atoms with Crippen molar-refractivity contribution >= 4 is 11.6 Å². The molecular weight excluding hydrogens is 250 g/mol. The molecule has 4 heteroatoms. The van der Waals surface area contributed by atoms with Crippen molar-refractivity contribution in [2.24, 2.45) is 5.92 Å². The third-order valence-corrected chi connectivity index (χ3v) is 4.04. The molecule has 110 valence electrons.